The molecule has 1 N–H and O–H groups in total. The van der Waals surface area contributed by atoms with E-state index in [-0.39, 0.29) is 5.60 Å². The highest BCUT2D eigenvalue weighted by atomic mass is 16.6. The lowest BCUT2D eigenvalue weighted by atomic mass is 9.66. The van der Waals surface area contributed by atoms with Gasteiger partial charge in [-0.2, -0.15) is 0 Å². The molecule has 4 heteroatoms. The Labute approximate surface area is 115 Å². The molecule has 0 aromatic heterocycles. The summed E-state index contributed by atoms with van der Waals surface area (Å²) in [5, 5.41) is 9.73. The Morgan fingerprint density at radius 3 is 2.44 bits per heavy atom. The van der Waals surface area contributed by atoms with Gasteiger partial charge in [0.1, 0.15) is 0 Å². The number of ether oxygens (including phenoxy) is 1. The summed E-state index contributed by atoms with van der Waals surface area (Å²) in [6.07, 6.45) is 8.93. The van der Waals surface area contributed by atoms with Crippen LogP contribution in [0, 0.1) is 11.8 Å². The highest BCUT2D eigenvalue weighted by molar-refractivity contribution is 6.37. The van der Waals surface area contributed by atoms with Crippen molar-refractivity contribution in [1.82, 2.24) is 0 Å². The van der Waals surface area contributed by atoms with E-state index in [9.17, 15) is 5.11 Å². The first kappa shape index (κ1) is 16.1. The summed E-state index contributed by atoms with van der Waals surface area (Å²) in [4.78, 5) is 0. The Balaban J connectivity index is 2.28. The van der Waals surface area contributed by atoms with Gasteiger partial charge in [0.15, 0.2) is 15.7 Å². The van der Waals surface area contributed by atoms with Crippen LogP contribution in [0.5, 0.6) is 0 Å². The van der Waals surface area contributed by atoms with Crippen molar-refractivity contribution >= 4 is 15.7 Å². The van der Waals surface area contributed by atoms with Crippen molar-refractivity contribution < 1.29 is 9.84 Å². The van der Waals surface area contributed by atoms with Crippen LogP contribution in [-0.4, -0.2) is 32.0 Å². The third-order valence-corrected chi connectivity index (χ3v) is 4.15. The Morgan fingerprint density at radius 2 is 2.00 bits per heavy atom. The van der Waals surface area contributed by atoms with Gasteiger partial charge in [-0.1, -0.05) is 39.5 Å². The summed E-state index contributed by atoms with van der Waals surface area (Å²) in [6.45, 7) is 6.71. The maximum absolute atomic E-state index is 9.73. The van der Waals surface area contributed by atoms with Gasteiger partial charge in [0.25, 0.3) is 0 Å². The van der Waals surface area contributed by atoms with Crippen molar-refractivity contribution in [2.75, 3.05) is 0 Å². The lowest BCUT2D eigenvalue weighted by molar-refractivity contribution is -0.209. The molecule has 0 aliphatic heterocycles. The van der Waals surface area contributed by atoms with E-state index in [0.29, 0.717) is 0 Å². The molecular formula is C14H30B2O2. The van der Waals surface area contributed by atoms with Gasteiger partial charge in [-0.15, -0.1) is 0 Å². The Morgan fingerprint density at radius 1 is 1.39 bits per heavy atom. The number of rotatable bonds is 8. The maximum atomic E-state index is 9.73. The summed E-state index contributed by atoms with van der Waals surface area (Å²) in [7, 11) is 3.45. The molecule has 0 radical (unpaired) electrons. The first-order valence-electron chi connectivity index (χ1n) is 7.70. The molecule has 104 valence electrons. The normalized spacial score (nSPS) is 29.9. The van der Waals surface area contributed by atoms with Crippen LogP contribution in [0.15, 0.2) is 0 Å². The second-order valence-electron chi connectivity index (χ2n) is 6.93. The smallest absolute Gasteiger partial charge is 0.165 e. The fraction of sp³-hybridized carbons (Fsp3) is 1.00. The number of aliphatic hydroxyl groups is 1. The van der Waals surface area contributed by atoms with Gasteiger partial charge in [-0.25, -0.2) is 0 Å². The van der Waals surface area contributed by atoms with Crippen LogP contribution >= 0.6 is 0 Å². The van der Waals surface area contributed by atoms with E-state index >= 15 is 0 Å². The Hall–Kier alpha value is 0.0499. The van der Waals surface area contributed by atoms with E-state index in [2.05, 4.69) is 20.8 Å². The minimum Gasteiger partial charge on any atom is -0.382 e. The molecule has 0 saturated heterocycles. The van der Waals surface area contributed by atoms with Crippen LogP contribution < -0.4 is 0 Å². The largest absolute Gasteiger partial charge is 0.382 e. The van der Waals surface area contributed by atoms with Crippen molar-refractivity contribution in [3.05, 3.63) is 0 Å². The summed E-state index contributed by atoms with van der Waals surface area (Å²) in [6, 6.07) is 0. The van der Waals surface area contributed by atoms with Gasteiger partial charge < -0.3 is 9.84 Å². The molecule has 1 atom stereocenters. The van der Waals surface area contributed by atoms with Crippen molar-refractivity contribution in [3.8, 4) is 0 Å². The number of hydrogen-bond donors (Lipinski definition) is 1. The van der Waals surface area contributed by atoms with Crippen molar-refractivity contribution in [3.63, 3.8) is 0 Å². The molecular weight excluding hydrogens is 222 g/mol. The third-order valence-electron chi connectivity index (χ3n) is 4.15. The molecule has 0 amide bonds. The fourth-order valence-electron chi connectivity index (χ4n) is 3.47. The van der Waals surface area contributed by atoms with E-state index in [1.165, 1.54) is 32.1 Å². The number of hydrogen-bond acceptors (Lipinski definition) is 2. The zero-order valence-corrected chi connectivity index (χ0v) is 13.0. The second-order valence-corrected chi connectivity index (χ2v) is 6.93. The molecule has 0 bridgehead atoms. The second kappa shape index (κ2) is 6.47. The molecule has 0 heterocycles. The van der Waals surface area contributed by atoms with Crippen LogP contribution in [0.3, 0.4) is 0 Å². The lowest BCUT2D eigenvalue weighted by Gasteiger charge is -2.49. The van der Waals surface area contributed by atoms with Crippen molar-refractivity contribution in [2.24, 2.45) is 11.8 Å². The molecule has 1 aliphatic carbocycles. The Kier molecular flexibility index (Phi) is 5.79. The molecule has 0 aromatic rings. The minimum absolute atomic E-state index is 0.0913. The van der Waals surface area contributed by atoms with E-state index < -0.39 is 5.59 Å². The zero-order valence-electron chi connectivity index (χ0n) is 13.0. The fourth-order valence-corrected chi connectivity index (χ4v) is 3.47. The van der Waals surface area contributed by atoms with E-state index in [0.717, 1.165) is 24.7 Å². The summed E-state index contributed by atoms with van der Waals surface area (Å²) in [5.41, 5.74) is -1.09. The van der Waals surface area contributed by atoms with Crippen molar-refractivity contribution in [2.45, 2.75) is 76.9 Å². The maximum Gasteiger partial charge on any atom is 0.165 e. The van der Waals surface area contributed by atoms with Gasteiger partial charge in [0, 0.05) is 0 Å². The van der Waals surface area contributed by atoms with Crippen molar-refractivity contribution in [1.29, 1.82) is 0 Å². The van der Waals surface area contributed by atoms with E-state index in [1.54, 1.807) is 15.7 Å². The van der Waals surface area contributed by atoms with Gasteiger partial charge in [-0.3, -0.25) is 0 Å². The SMILES string of the molecule is BC(B)(O)O[C@]1(C)C[C@H](CC(CC)CCCC)C1. The first-order chi connectivity index (χ1) is 8.28. The quantitative estimate of drug-likeness (QED) is 0.525. The molecule has 0 aromatic carbocycles. The molecule has 1 rings (SSSR count). The van der Waals surface area contributed by atoms with Crippen LogP contribution in [0.2, 0.25) is 0 Å². The average Bonchev–Trinajstić information content (AvgIpc) is 2.18. The summed E-state index contributed by atoms with van der Waals surface area (Å²) >= 11 is 0. The van der Waals surface area contributed by atoms with E-state index in [4.69, 9.17) is 4.74 Å². The monoisotopic (exact) mass is 252 g/mol. The molecule has 1 aliphatic rings. The standard InChI is InChI=1S/C14H30B2O2/c1-4-6-7-11(5-2)8-12-9-13(3,10-12)18-14(15,16)17/h11-12,17H,4-10,15-16H2,1-3H3/t11?,12-,13+. The topological polar surface area (TPSA) is 29.5 Å². The molecule has 0 spiro atoms. The molecule has 1 saturated carbocycles. The molecule has 2 nitrogen and oxygen atoms in total. The summed E-state index contributed by atoms with van der Waals surface area (Å²) in [5.74, 6) is 1.70. The predicted molar refractivity (Wildman–Crippen MR) is 82.2 cm³/mol. The third kappa shape index (κ3) is 5.36. The first-order valence-corrected chi connectivity index (χ1v) is 7.70. The molecule has 1 unspecified atom stereocenters. The predicted octanol–water partition coefficient (Wildman–Crippen LogP) is 1.65. The van der Waals surface area contributed by atoms with Crippen LogP contribution in [-0.2, 0) is 4.74 Å². The van der Waals surface area contributed by atoms with Gasteiger partial charge in [0.05, 0.1) is 11.2 Å². The van der Waals surface area contributed by atoms with Crippen LogP contribution in [0.1, 0.15) is 65.7 Å². The zero-order chi connectivity index (χ0) is 13.8. The highest BCUT2D eigenvalue weighted by Crippen LogP contribution is 2.45. The Bertz CT molecular complexity index is 245. The lowest BCUT2D eigenvalue weighted by Crippen LogP contribution is -2.51. The average molecular weight is 252 g/mol. The van der Waals surface area contributed by atoms with Gasteiger partial charge in [-0.05, 0) is 38.0 Å². The highest BCUT2D eigenvalue weighted by Gasteiger charge is 2.44. The molecule has 18 heavy (non-hydrogen) atoms. The van der Waals surface area contributed by atoms with Crippen LogP contribution in [0.4, 0.5) is 0 Å². The minimum atomic E-state index is -0.994. The number of unbranched alkanes of at least 4 members (excludes halogenated alkanes) is 1. The van der Waals surface area contributed by atoms with Gasteiger partial charge in [0.2, 0.25) is 0 Å². The molecule has 1 fully saturated rings. The van der Waals surface area contributed by atoms with Gasteiger partial charge >= 0.3 is 0 Å². The van der Waals surface area contributed by atoms with Crippen LogP contribution in [0.25, 0.3) is 0 Å². The summed E-state index contributed by atoms with van der Waals surface area (Å²) < 4.78 is 5.74. The van der Waals surface area contributed by atoms with E-state index in [1.807, 2.05) is 0 Å².